The summed E-state index contributed by atoms with van der Waals surface area (Å²) >= 11 is 0. The minimum atomic E-state index is -2.18. The molecular weight excluding hydrogens is 248 g/mol. The smallest absolute Gasteiger partial charge is 0.261 e. The van der Waals surface area contributed by atoms with Crippen LogP contribution in [0.3, 0.4) is 0 Å². The molecule has 4 rings (SSSR count). The van der Waals surface area contributed by atoms with Crippen molar-refractivity contribution in [2.24, 2.45) is 0 Å². The second kappa shape index (κ2) is 4.32. The molecule has 2 aromatic carbocycles. The van der Waals surface area contributed by atoms with Crippen LogP contribution in [0.4, 0.5) is 0 Å². The summed E-state index contributed by atoms with van der Waals surface area (Å²) in [5.41, 5.74) is 1.28. The van der Waals surface area contributed by atoms with Crippen LogP contribution < -0.4 is 10.4 Å². The van der Waals surface area contributed by atoms with Gasteiger partial charge >= 0.3 is 0 Å². The lowest BCUT2D eigenvalue weighted by atomic mass is 10.2. The first kappa shape index (κ1) is 12.6. The molecular formula is C17H20OSi. The van der Waals surface area contributed by atoms with Crippen molar-refractivity contribution in [3.8, 4) is 0 Å². The average Bonchev–Trinajstić information content (AvgIpc) is 2.70. The van der Waals surface area contributed by atoms with Gasteiger partial charge in [-0.05, 0) is 21.0 Å². The van der Waals surface area contributed by atoms with Crippen molar-refractivity contribution in [2.75, 3.05) is 0 Å². The molecule has 0 saturated carbocycles. The van der Waals surface area contributed by atoms with Gasteiger partial charge in [0.2, 0.25) is 0 Å². The third-order valence-corrected chi connectivity index (χ3v) is 9.03. The highest BCUT2D eigenvalue weighted by molar-refractivity contribution is 6.99. The molecule has 1 atom stereocenters. The fraction of sp³-hybridized carbons (Fsp3) is 0.294. The maximum atomic E-state index is 6.57. The van der Waals surface area contributed by atoms with Crippen LogP contribution in [0.5, 0.6) is 0 Å². The zero-order valence-electron chi connectivity index (χ0n) is 11.8. The number of hydrogen-bond donors (Lipinski definition) is 0. The zero-order valence-corrected chi connectivity index (χ0v) is 12.8. The highest BCUT2D eigenvalue weighted by atomic mass is 28.4. The van der Waals surface area contributed by atoms with Gasteiger partial charge in [-0.25, -0.2) is 0 Å². The second-order valence-electron chi connectivity index (χ2n) is 6.28. The summed E-state index contributed by atoms with van der Waals surface area (Å²) < 4.78 is 6.57. The topological polar surface area (TPSA) is 9.23 Å². The Kier molecular flexibility index (Phi) is 2.88. The van der Waals surface area contributed by atoms with E-state index >= 15 is 0 Å². The third-order valence-electron chi connectivity index (χ3n) is 4.05. The summed E-state index contributed by atoms with van der Waals surface area (Å²) in [6.45, 7) is 7.66. The van der Waals surface area contributed by atoms with Crippen molar-refractivity contribution < 1.29 is 4.43 Å². The molecule has 0 fully saturated rings. The molecule has 1 unspecified atom stereocenters. The van der Waals surface area contributed by atoms with Gasteiger partial charge in [-0.1, -0.05) is 75.4 Å². The van der Waals surface area contributed by atoms with E-state index in [4.69, 9.17) is 4.43 Å². The van der Waals surface area contributed by atoms with Crippen molar-refractivity contribution in [1.29, 1.82) is 0 Å². The van der Waals surface area contributed by atoms with Gasteiger partial charge in [-0.3, -0.25) is 0 Å². The van der Waals surface area contributed by atoms with E-state index in [0.717, 1.165) is 6.61 Å². The molecule has 0 aliphatic carbocycles. The maximum Gasteiger partial charge on any atom is 0.261 e. The van der Waals surface area contributed by atoms with Crippen LogP contribution in [0, 0.1) is 0 Å². The molecule has 98 valence electrons. The Morgan fingerprint density at radius 1 is 0.842 bits per heavy atom. The summed E-state index contributed by atoms with van der Waals surface area (Å²) in [5, 5.41) is 2.88. The van der Waals surface area contributed by atoms with Crippen LogP contribution in [-0.4, -0.2) is 8.32 Å². The highest BCUT2D eigenvalue weighted by Crippen LogP contribution is 2.38. The largest absolute Gasteiger partial charge is 0.403 e. The Morgan fingerprint density at radius 2 is 1.42 bits per heavy atom. The third kappa shape index (κ3) is 1.87. The summed E-state index contributed by atoms with van der Waals surface area (Å²) in [7, 11) is -2.18. The van der Waals surface area contributed by atoms with Crippen molar-refractivity contribution in [1.82, 2.24) is 0 Å². The SMILES string of the molecule is CC(C)(C)[Si]1(c2ccccc2)OCc2ccc1cc2. The van der Waals surface area contributed by atoms with E-state index < -0.39 is 8.32 Å². The van der Waals surface area contributed by atoms with Crippen LogP contribution in [0.25, 0.3) is 0 Å². The first-order valence-corrected chi connectivity index (χ1v) is 8.74. The molecule has 19 heavy (non-hydrogen) atoms. The van der Waals surface area contributed by atoms with E-state index in [1.54, 1.807) is 0 Å². The summed E-state index contributed by atoms with van der Waals surface area (Å²) in [6, 6.07) is 19.7. The average molecular weight is 268 g/mol. The van der Waals surface area contributed by atoms with Gasteiger partial charge in [0.1, 0.15) is 0 Å². The van der Waals surface area contributed by atoms with Crippen LogP contribution in [-0.2, 0) is 11.0 Å². The van der Waals surface area contributed by atoms with E-state index in [2.05, 4.69) is 75.4 Å². The minimum Gasteiger partial charge on any atom is -0.403 e. The Morgan fingerprint density at radius 3 is 2.00 bits per heavy atom. The zero-order chi connectivity index (χ0) is 13.5. The molecule has 1 nitrogen and oxygen atoms in total. The Labute approximate surface area is 116 Å². The van der Waals surface area contributed by atoms with E-state index in [9.17, 15) is 0 Å². The molecule has 0 amide bonds. The molecule has 0 radical (unpaired) electrons. The molecule has 2 heterocycles. The molecule has 2 bridgehead atoms. The van der Waals surface area contributed by atoms with Gasteiger partial charge in [0.15, 0.2) is 0 Å². The van der Waals surface area contributed by atoms with Crippen LogP contribution >= 0.6 is 0 Å². The maximum absolute atomic E-state index is 6.57. The van der Waals surface area contributed by atoms with E-state index in [1.165, 1.54) is 15.9 Å². The molecule has 2 heteroatoms. The number of benzene rings is 2. The predicted molar refractivity (Wildman–Crippen MR) is 82.4 cm³/mol. The predicted octanol–water partition coefficient (Wildman–Crippen LogP) is 3.08. The summed E-state index contributed by atoms with van der Waals surface area (Å²) in [4.78, 5) is 0. The lowest BCUT2D eigenvalue weighted by molar-refractivity contribution is 0.289. The summed E-state index contributed by atoms with van der Waals surface area (Å²) in [6.07, 6.45) is 0. The lowest BCUT2D eigenvalue weighted by Gasteiger charge is -2.41. The molecule has 2 aliphatic heterocycles. The van der Waals surface area contributed by atoms with Crippen molar-refractivity contribution in [3.63, 3.8) is 0 Å². The number of rotatable bonds is 1. The summed E-state index contributed by atoms with van der Waals surface area (Å²) in [5.74, 6) is 0. The molecule has 0 aromatic heterocycles. The van der Waals surface area contributed by atoms with Crippen molar-refractivity contribution in [2.45, 2.75) is 32.4 Å². The molecule has 0 saturated heterocycles. The lowest BCUT2D eigenvalue weighted by Crippen LogP contribution is -2.65. The minimum absolute atomic E-state index is 0.123. The van der Waals surface area contributed by atoms with Crippen molar-refractivity contribution in [3.05, 3.63) is 60.2 Å². The molecule has 2 aliphatic rings. The van der Waals surface area contributed by atoms with Crippen molar-refractivity contribution >= 4 is 18.7 Å². The van der Waals surface area contributed by atoms with Gasteiger partial charge in [0, 0.05) is 0 Å². The first-order chi connectivity index (χ1) is 9.04. The van der Waals surface area contributed by atoms with Gasteiger partial charge < -0.3 is 4.43 Å². The first-order valence-electron chi connectivity index (χ1n) is 6.83. The van der Waals surface area contributed by atoms with Gasteiger partial charge in [-0.15, -0.1) is 0 Å². The molecule has 2 aromatic rings. The Bertz CT molecular complexity index is 564. The monoisotopic (exact) mass is 268 g/mol. The van der Waals surface area contributed by atoms with Crippen LogP contribution in [0.1, 0.15) is 26.3 Å². The molecule has 0 N–H and O–H groups in total. The highest BCUT2D eigenvalue weighted by Gasteiger charge is 2.50. The van der Waals surface area contributed by atoms with Crippen LogP contribution in [0.2, 0.25) is 5.04 Å². The molecule has 0 spiro atoms. The Balaban J connectivity index is 2.26. The van der Waals surface area contributed by atoms with Crippen LogP contribution in [0.15, 0.2) is 54.6 Å². The number of hydrogen-bond acceptors (Lipinski definition) is 1. The van der Waals surface area contributed by atoms with Gasteiger partial charge in [0.25, 0.3) is 8.32 Å². The standard InChI is InChI=1S/C17H20OSi/c1-17(2,3)19(15-7-5-4-6-8-15)16-11-9-14(10-12-16)13-18-19/h4-12H,13H2,1-3H3. The van der Waals surface area contributed by atoms with Gasteiger partial charge in [0.05, 0.1) is 6.61 Å². The van der Waals surface area contributed by atoms with E-state index in [0.29, 0.717) is 0 Å². The van der Waals surface area contributed by atoms with E-state index in [1.807, 2.05) is 0 Å². The fourth-order valence-corrected chi connectivity index (χ4v) is 7.63. The fourth-order valence-electron chi connectivity index (χ4n) is 3.12. The quantitative estimate of drug-likeness (QED) is 0.722. The van der Waals surface area contributed by atoms with E-state index in [-0.39, 0.29) is 5.04 Å². The second-order valence-corrected chi connectivity index (χ2v) is 10.6. The number of fused-ring (bicyclic) bond motifs is 4. The normalized spacial score (nSPS) is 22.3. The van der Waals surface area contributed by atoms with Gasteiger partial charge in [-0.2, -0.15) is 0 Å². The Hall–Kier alpha value is -1.38.